The predicted octanol–water partition coefficient (Wildman–Crippen LogP) is 3.54. The van der Waals surface area contributed by atoms with Crippen LogP contribution in [0.25, 0.3) is 0 Å². The Bertz CT molecular complexity index is 251. The van der Waals surface area contributed by atoms with Gasteiger partial charge in [-0.2, -0.15) is 0 Å². The van der Waals surface area contributed by atoms with Crippen molar-refractivity contribution in [1.29, 1.82) is 0 Å². The van der Waals surface area contributed by atoms with Gasteiger partial charge < -0.3 is 0 Å². The number of Topliss-reactive ketones (excluding diaryl/α,β-unsaturated/α-hetero) is 1. The maximum atomic E-state index is 12.2. The highest BCUT2D eigenvalue weighted by Crippen LogP contribution is 2.27. The summed E-state index contributed by atoms with van der Waals surface area (Å²) in [5.41, 5.74) is 0. The lowest BCUT2D eigenvalue weighted by molar-refractivity contribution is -0.125. The first-order valence-electron chi connectivity index (χ1n) is 7.61. The van der Waals surface area contributed by atoms with Gasteiger partial charge in [0.15, 0.2) is 0 Å². The topological polar surface area (TPSA) is 20.3 Å². The highest BCUT2D eigenvalue weighted by molar-refractivity contribution is 5.84. The van der Waals surface area contributed by atoms with Crippen LogP contribution in [-0.2, 0) is 4.79 Å². The van der Waals surface area contributed by atoms with E-state index in [1.807, 2.05) is 0 Å². The lowest BCUT2D eigenvalue weighted by Gasteiger charge is -2.35. The third-order valence-electron chi connectivity index (χ3n) is 4.57. The van der Waals surface area contributed by atoms with Gasteiger partial charge in [-0.15, -0.1) is 0 Å². The van der Waals surface area contributed by atoms with Gasteiger partial charge in [0.25, 0.3) is 0 Å². The Labute approximate surface area is 106 Å². The highest BCUT2D eigenvalue weighted by Gasteiger charge is 2.31. The van der Waals surface area contributed by atoms with Crippen molar-refractivity contribution in [2.45, 2.75) is 83.2 Å². The normalized spacial score (nSPS) is 33.1. The van der Waals surface area contributed by atoms with E-state index in [4.69, 9.17) is 0 Å². The number of hydrogen-bond donors (Lipinski definition) is 0. The van der Waals surface area contributed by atoms with E-state index in [1.54, 1.807) is 0 Å². The third-order valence-corrected chi connectivity index (χ3v) is 4.57. The second-order valence-electron chi connectivity index (χ2n) is 5.73. The van der Waals surface area contributed by atoms with Crippen LogP contribution in [0.5, 0.6) is 0 Å². The molecule has 2 unspecified atom stereocenters. The van der Waals surface area contributed by atoms with E-state index in [-0.39, 0.29) is 6.04 Å². The van der Waals surface area contributed by atoms with Crippen molar-refractivity contribution in [3.05, 3.63) is 0 Å². The molecule has 0 aromatic rings. The Morgan fingerprint density at radius 3 is 2.65 bits per heavy atom. The molecular weight excluding hydrogens is 210 g/mol. The van der Waals surface area contributed by atoms with Crippen molar-refractivity contribution in [3.8, 4) is 0 Å². The first kappa shape index (κ1) is 13.1. The van der Waals surface area contributed by atoms with E-state index < -0.39 is 0 Å². The van der Waals surface area contributed by atoms with Crippen molar-refractivity contribution >= 4 is 5.78 Å². The number of hydrogen-bond acceptors (Lipinski definition) is 2. The van der Waals surface area contributed by atoms with Crippen molar-refractivity contribution in [1.82, 2.24) is 4.90 Å². The Morgan fingerprint density at radius 1 is 1.06 bits per heavy atom. The molecule has 2 aliphatic rings. The van der Waals surface area contributed by atoms with Crippen molar-refractivity contribution in [3.63, 3.8) is 0 Å². The minimum atomic E-state index is 0.264. The average molecular weight is 237 g/mol. The van der Waals surface area contributed by atoms with Crippen LogP contribution in [0, 0.1) is 0 Å². The van der Waals surface area contributed by atoms with E-state index in [2.05, 4.69) is 11.8 Å². The summed E-state index contributed by atoms with van der Waals surface area (Å²) in [6.07, 6.45) is 12.1. The second-order valence-corrected chi connectivity index (χ2v) is 5.73. The second kappa shape index (κ2) is 6.53. The monoisotopic (exact) mass is 237 g/mol. The number of carbonyl (C=O) groups excluding carboxylic acids is 1. The fraction of sp³-hybridized carbons (Fsp3) is 0.933. The lowest BCUT2D eigenvalue weighted by atomic mass is 10.0. The van der Waals surface area contributed by atoms with E-state index in [0.717, 1.165) is 25.8 Å². The van der Waals surface area contributed by atoms with Gasteiger partial charge in [0.1, 0.15) is 5.78 Å². The third kappa shape index (κ3) is 3.31. The van der Waals surface area contributed by atoms with Crippen LogP contribution in [0.1, 0.15) is 71.1 Å². The SMILES string of the molecule is CCC1CCCCCN1C1CCCCCC1=O. The van der Waals surface area contributed by atoms with Gasteiger partial charge in [0, 0.05) is 12.5 Å². The summed E-state index contributed by atoms with van der Waals surface area (Å²) in [7, 11) is 0. The van der Waals surface area contributed by atoms with E-state index in [0.29, 0.717) is 11.8 Å². The van der Waals surface area contributed by atoms with Crippen LogP contribution in [0.2, 0.25) is 0 Å². The zero-order valence-corrected chi connectivity index (χ0v) is 11.3. The Morgan fingerprint density at radius 2 is 1.82 bits per heavy atom. The molecule has 98 valence electrons. The standard InChI is InChI=1S/C15H27NO/c1-2-13-9-5-4-8-12-16(13)14-10-6-3-7-11-15(14)17/h13-14H,2-12H2,1H3. The zero-order valence-electron chi connectivity index (χ0n) is 11.3. The fourth-order valence-electron chi connectivity index (χ4n) is 3.54. The van der Waals surface area contributed by atoms with Crippen molar-refractivity contribution in [2.75, 3.05) is 6.54 Å². The van der Waals surface area contributed by atoms with Crippen LogP contribution >= 0.6 is 0 Å². The van der Waals surface area contributed by atoms with Crippen molar-refractivity contribution < 1.29 is 4.79 Å². The maximum absolute atomic E-state index is 12.2. The van der Waals surface area contributed by atoms with Gasteiger partial charge in [0.2, 0.25) is 0 Å². The lowest BCUT2D eigenvalue weighted by Crippen LogP contribution is -2.46. The van der Waals surface area contributed by atoms with Gasteiger partial charge in [-0.3, -0.25) is 9.69 Å². The molecule has 1 aliphatic carbocycles. The Hall–Kier alpha value is -0.370. The van der Waals surface area contributed by atoms with Gasteiger partial charge in [-0.1, -0.05) is 32.6 Å². The van der Waals surface area contributed by atoms with E-state index in [9.17, 15) is 4.79 Å². The molecule has 17 heavy (non-hydrogen) atoms. The quantitative estimate of drug-likeness (QED) is 0.685. The molecule has 2 fully saturated rings. The summed E-state index contributed by atoms with van der Waals surface area (Å²) < 4.78 is 0. The first-order chi connectivity index (χ1) is 8.33. The molecule has 2 heteroatoms. The first-order valence-corrected chi connectivity index (χ1v) is 7.61. The summed E-state index contributed by atoms with van der Waals surface area (Å²) in [5.74, 6) is 0.530. The smallest absolute Gasteiger partial charge is 0.149 e. The van der Waals surface area contributed by atoms with E-state index in [1.165, 1.54) is 44.9 Å². The summed E-state index contributed by atoms with van der Waals surface area (Å²) in [6.45, 7) is 3.44. The molecule has 1 aliphatic heterocycles. The van der Waals surface area contributed by atoms with Crippen LogP contribution in [0.15, 0.2) is 0 Å². The minimum absolute atomic E-state index is 0.264. The predicted molar refractivity (Wildman–Crippen MR) is 71.1 cm³/mol. The molecule has 2 nitrogen and oxygen atoms in total. The zero-order chi connectivity index (χ0) is 12.1. The Kier molecular flexibility index (Phi) is 5.02. The summed E-state index contributed by atoms with van der Waals surface area (Å²) in [6, 6.07) is 0.935. The summed E-state index contributed by atoms with van der Waals surface area (Å²) >= 11 is 0. The molecular formula is C15H27NO. The van der Waals surface area contributed by atoms with Crippen LogP contribution < -0.4 is 0 Å². The number of likely N-dealkylation sites (tertiary alicyclic amines) is 1. The van der Waals surface area contributed by atoms with Crippen LogP contribution in [0.4, 0.5) is 0 Å². The molecule has 0 spiro atoms. The molecule has 2 atom stereocenters. The van der Waals surface area contributed by atoms with Crippen molar-refractivity contribution in [2.24, 2.45) is 0 Å². The summed E-state index contributed by atoms with van der Waals surface area (Å²) in [5, 5.41) is 0. The van der Waals surface area contributed by atoms with Gasteiger partial charge in [-0.05, 0) is 38.6 Å². The molecule has 0 radical (unpaired) electrons. The van der Waals surface area contributed by atoms with Crippen LogP contribution in [0.3, 0.4) is 0 Å². The highest BCUT2D eigenvalue weighted by atomic mass is 16.1. The maximum Gasteiger partial charge on any atom is 0.149 e. The number of nitrogens with zero attached hydrogens (tertiary/aromatic N) is 1. The number of ketones is 1. The van der Waals surface area contributed by atoms with Gasteiger partial charge >= 0.3 is 0 Å². The minimum Gasteiger partial charge on any atom is -0.298 e. The average Bonchev–Trinajstić information content (AvgIpc) is 2.68. The van der Waals surface area contributed by atoms with Gasteiger partial charge in [-0.25, -0.2) is 0 Å². The molecule has 0 aromatic carbocycles. The molecule has 1 heterocycles. The van der Waals surface area contributed by atoms with Gasteiger partial charge in [0.05, 0.1) is 6.04 Å². The molecule has 0 amide bonds. The number of carbonyl (C=O) groups is 1. The largest absolute Gasteiger partial charge is 0.298 e. The van der Waals surface area contributed by atoms with E-state index >= 15 is 0 Å². The van der Waals surface area contributed by atoms with Crippen LogP contribution in [-0.4, -0.2) is 29.3 Å². The summed E-state index contributed by atoms with van der Waals surface area (Å²) in [4.78, 5) is 14.8. The molecule has 1 saturated carbocycles. The molecule has 0 N–H and O–H groups in total. The fourth-order valence-corrected chi connectivity index (χ4v) is 3.54. The molecule has 0 bridgehead atoms. The Balaban J connectivity index is 2.07. The molecule has 2 rings (SSSR count). The molecule has 0 aromatic heterocycles. The molecule has 1 saturated heterocycles. The number of rotatable bonds is 2.